The van der Waals surface area contributed by atoms with Gasteiger partial charge in [0, 0.05) is 31.9 Å². The second-order valence-corrected chi connectivity index (χ2v) is 11.1. The first-order valence-corrected chi connectivity index (χ1v) is 14.6. The number of imidazole rings is 1. The summed E-state index contributed by atoms with van der Waals surface area (Å²) in [5.41, 5.74) is 3.52. The third kappa shape index (κ3) is 8.01. The lowest BCUT2D eigenvalue weighted by Crippen LogP contribution is -2.39. The highest BCUT2D eigenvalue weighted by Crippen LogP contribution is 2.41. The van der Waals surface area contributed by atoms with Crippen LogP contribution in [-0.4, -0.2) is 71.8 Å². The zero-order valence-corrected chi connectivity index (χ0v) is 24.7. The lowest BCUT2D eigenvalue weighted by Gasteiger charge is -2.23. The summed E-state index contributed by atoms with van der Waals surface area (Å²) in [6.07, 6.45) is 8.82. The van der Waals surface area contributed by atoms with E-state index in [1.165, 1.54) is 9.80 Å². The van der Waals surface area contributed by atoms with E-state index < -0.39 is 5.83 Å². The number of pyridine rings is 1. The number of anilines is 1. The van der Waals surface area contributed by atoms with E-state index in [0.29, 0.717) is 49.1 Å². The van der Waals surface area contributed by atoms with Gasteiger partial charge in [-0.1, -0.05) is 30.3 Å². The minimum atomic E-state index is -0.810. The molecule has 2 fully saturated rings. The van der Waals surface area contributed by atoms with Gasteiger partial charge in [-0.25, -0.2) is 9.37 Å². The molecule has 2 aromatic heterocycles. The SMILES string of the molecule is C=N/C=C(/F)C(=NCc1cn2cc(C3CC3)cc(N(C=O)CC(=O)N(C)CCOCc3ccccc3)c2n1)NC(=O)C1CC1. The van der Waals surface area contributed by atoms with Gasteiger partial charge in [0.15, 0.2) is 17.3 Å². The van der Waals surface area contributed by atoms with Crippen molar-refractivity contribution in [3.8, 4) is 0 Å². The fraction of sp³-hybridized carbons (Fsp3) is 0.375. The third-order valence-corrected chi connectivity index (χ3v) is 7.52. The summed E-state index contributed by atoms with van der Waals surface area (Å²) in [7, 11) is 1.67. The highest BCUT2D eigenvalue weighted by atomic mass is 19.1. The van der Waals surface area contributed by atoms with Crippen molar-refractivity contribution in [2.75, 3.05) is 31.6 Å². The van der Waals surface area contributed by atoms with Crippen LogP contribution in [0.4, 0.5) is 10.1 Å². The molecule has 3 amide bonds. The van der Waals surface area contributed by atoms with Crippen LogP contribution in [0.3, 0.4) is 0 Å². The van der Waals surface area contributed by atoms with E-state index in [2.05, 4.69) is 27.0 Å². The van der Waals surface area contributed by atoms with E-state index in [0.717, 1.165) is 43.0 Å². The Morgan fingerprint density at radius 2 is 1.98 bits per heavy atom. The van der Waals surface area contributed by atoms with E-state index in [4.69, 9.17) is 4.74 Å². The molecule has 0 saturated heterocycles. The van der Waals surface area contributed by atoms with Crippen LogP contribution in [0.15, 0.2) is 70.8 Å². The van der Waals surface area contributed by atoms with Gasteiger partial charge >= 0.3 is 0 Å². The molecule has 11 nitrogen and oxygen atoms in total. The molecule has 0 atom stereocenters. The van der Waals surface area contributed by atoms with Crippen LogP contribution in [-0.2, 0) is 32.3 Å². The van der Waals surface area contributed by atoms with Crippen molar-refractivity contribution in [1.29, 1.82) is 0 Å². The number of hydrogen-bond acceptors (Lipinski definition) is 7. The van der Waals surface area contributed by atoms with E-state index >= 15 is 0 Å². The summed E-state index contributed by atoms with van der Waals surface area (Å²) in [5.74, 6) is -1.36. The molecular weight excluding hydrogens is 565 g/mol. The Labute approximate surface area is 255 Å². The summed E-state index contributed by atoms with van der Waals surface area (Å²) >= 11 is 0. The second kappa shape index (κ2) is 14.2. The lowest BCUT2D eigenvalue weighted by atomic mass is 10.1. The topological polar surface area (TPSA) is 121 Å². The molecule has 0 radical (unpaired) electrons. The molecule has 0 spiro atoms. The Morgan fingerprint density at radius 1 is 1.20 bits per heavy atom. The third-order valence-electron chi connectivity index (χ3n) is 7.52. The lowest BCUT2D eigenvalue weighted by molar-refractivity contribution is -0.129. The Balaban J connectivity index is 1.30. The fourth-order valence-corrected chi connectivity index (χ4v) is 4.66. The van der Waals surface area contributed by atoms with Crippen LogP contribution in [0.2, 0.25) is 0 Å². The van der Waals surface area contributed by atoms with Crippen molar-refractivity contribution in [1.82, 2.24) is 19.6 Å². The Kier molecular flexibility index (Phi) is 9.90. The largest absolute Gasteiger partial charge is 0.375 e. The van der Waals surface area contributed by atoms with Gasteiger partial charge in [-0.2, -0.15) is 0 Å². The van der Waals surface area contributed by atoms with Crippen molar-refractivity contribution < 1.29 is 23.5 Å². The molecule has 12 heteroatoms. The van der Waals surface area contributed by atoms with Gasteiger partial charge in [-0.15, -0.1) is 0 Å². The highest BCUT2D eigenvalue weighted by Gasteiger charge is 2.31. The maximum Gasteiger partial charge on any atom is 0.242 e. The smallest absolute Gasteiger partial charge is 0.242 e. The maximum absolute atomic E-state index is 14.6. The van der Waals surface area contributed by atoms with Gasteiger partial charge in [0.2, 0.25) is 18.2 Å². The first-order chi connectivity index (χ1) is 21.4. The quantitative estimate of drug-likeness (QED) is 0.123. The van der Waals surface area contributed by atoms with E-state index in [1.54, 1.807) is 17.6 Å². The molecule has 2 saturated carbocycles. The standard InChI is InChI=1S/C32H36FN7O4/c1-34-16-27(33)30(37-32(43)24-10-11-24)35-15-26-18-39-17-25(23-8-9-23)14-28(31(39)36-26)40(21-41)19-29(42)38(2)12-13-44-20-22-6-4-3-5-7-22/h3-7,14,16-18,21,23-24H,1,8-13,15,19-20H2,2H3,(H,35,37,43)/b27-16+. The van der Waals surface area contributed by atoms with Gasteiger partial charge in [0.05, 0.1) is 37.3 Å². The summed E-state index contributed by atoms with van der Waals surface area (Å²) in [5, 5.41) is 2.54. The number of rotatable bonds is 15. The minimum Gasteiger partial charge on any atom is -0.375 e. The molecule has 0 unspecified atom stereocenters. The summed E-state index contributed by atoms with van der Waals surface area (Å²) in [4.78, 5) is 52.9. The number of aliphatic imine (C=N–C) groups is 2. The first-order valence-electron chi connectivity index (χ1n) is 14.6. The van der Waals surface area contributed by atoms with Gasteiger partial charge in [-0.05, 0) is 55.5 Å². The van der Waals surface area contributed by atoms with Gasteiger partial charge < -0.3 is 24.3 Å². The van der Waals surface area contributed by atoms with Crippen LogP contribution in [0, 0.1) is 5.92 Å². The maximum atomic E-state index is 14.6. The summed E-state index contributed by atoms with van der Waals surface area (Å²) in [6, 6.07) is 11.7. The van der Waals surface area contributed by atoms with Crippen molar-refractivity contribution in [2.24, 2.45) is 15.9 Å². The number of amidine groups is 1. The van der Waals surface area contributed by atoms with Crippen LogP contribution in [0.5, 0.6) is 0 Å². The molecule has 2 aliphatic rings. The highest BCUT2D eigenvalue weighted by molar-refractivity contribution is 6.07. The molecule has 0 aliphatic heterocycles. The van der Waals surface area contributed by atoms with Crippen molar-refractivity contribution in [3.63, 3.8) is 0 Å². The number of hydrogen-bond donors (Lipinski definition) is 1. The average molecular weight is 602 g/mol. The van der Waals surface area contributed by atoms with Gasteiger partial charge in [0.1, 0.15) is 6.54 Å². The van der Waals surface area contributed by atoms with Crippen LogP contribution in [0.25, 0.3) is 5.65 Å². The van der Waals surface area contributed by atoms with E-state index in [1.807, 2.05) is 42.6 Å². The van der Waals surface area contributed by atoms with Gasteiger partial charge in [-0.3, -0.25) is 24.4 Å². The number of amides is 3. The zero-order valence-electron chi connectivity index (χ0n) is 24.7. The van der Waals surface area contributed by atoms with Crippen molar-refractivity contribution in [2.45, 2.75) is 44.8 Å². The van der Waals surface area contributed by atoms with Crippen LogP contribution >= 0.6 is 0 Å². The molecule has 0 bridgehead atoms. The van der Waals surface area contributed by atoms with Crippen molar-refractivity contribution >= 4 is 42.1 Å². The Morgan fingerprint density at radius 3 is 2.66 bits per heavy atom. The predicted molar refractivity (Wildman–Crippen MR) is 165 cm³/mol. The second-order valence-electron chi connectivity index (χ2n) is 11.1. The number of benzene rings is 1. The molecule has 230 valence electrons. The number of nitrogens with one attached hydrogen (secondary N) is 1. The zero-order chi connectivity index (χ0) is 31.1. The number of carbonyl (C=O) groups excluding carboxylic acids is 3. The van der Waals surface area contributed by atoms with Crippen LogP contribution in [0.1, 0.15) is 48.4 Å². The molecule has 5 rings (SSSR count). The number of nitrogens with zero attached hydrogens (tertiary/aromatic N) is 6. The fourth-order valence-electron chi connectivity index (χ4n) is 4.66. The number of halogens is 1. The summed E-state index contributed by atoms with van der Waals surface area (Å²) in [6.45, 7) is 4.22. The first kappa shape index (κ1) is 30.7. The number of ether oxygens (including phenoxy) is 1. The predicted octanol–water partition coefficient (Wildman–Crippen LogP) is 3.79. The number of carbonyl (C=O) groups is 3. The Bertz CT molecular complexity index is 1580. The molecule has 44 heavy (non-hydrogen) atoms. The Hall–Kier alpha value is -4.71. The van der Waals surface area contributed by atoms with E-state index in [-0.39, 0.29) is 36.7 Å². The molecule has 1 N–H and O–H groups in total. The van der Waals surface area contributed by atoms with E-state index in [9.17, 15) is 18.8 Å². The molecular formula is C32H36FN7O4. The molecule has 2 heterocycles. The normalized spacial score (nSPS) is 15.2. The number of fused-ring (bicyclic) bond motifs is 1. The average Bonchev–Trinajstić information content (AvgIpc) is 3.97. The summed E-state index contributed by atoms with van der Waals surface area (Å²) < 4.78 is 22.1. The number of likely N-dealkylation sites (N-methyl/N-ethyl adjacent to an activating group) is 1. The number of aromatic nitrogens is 2. The molecule has 3 aromatic rings. The minimum absolute atomic E-state index is 0.0374. The monoisotopic (exact) mass is 601 g/mol. The van der Waals surface area contributed by atoms with Gasteiger partial charge in [0.25, 0.3) is 0 Å². The molecule has 1 aromatic carbocycles. The molecule has 2 aliphatic carbocycles. The van der Waals surface area contributed by atoms with Crippen LogP contribution < -0.4 is 10.2 Å². The van der Waals surface area contributed by atoms with Crippen molar-refractivity contribution in [3.05, 3.63) is 77.6 Å².